The number of carboxylic acid groups (broad SMARTS) is 1. The minimum Gasteiger partial charge on any atom is -0.476 e. The maximum absolute atomic E-state index is 12.9. The fourth-order valence-electron chi connectivity index (χ4n) is 1.23. The predicted molar refractivity (Wildman–Crippen MR) is 60.4 cm³/mol. The fourth-order valence-corrected chi connectivity index (χ4v) is 1.88. The number of rotatable bonds is 3. The molecule has 0 saturated heterocycles. The zero-order valence-electron chi connectivity index (χ0n) is 8.79. The number of hydrogen-bond acceptors (Lipinski definition) is 5. The molecule has 1 heterocycles. The number of aromatic carboxylic acids is 1. The second kappa shape index (κ2) is 4.92. The lowest BCUT2D eigenvalue weighted by Gasteiger charge is -2.02. The maximum Gasteiger partial charge on any atom is 0.356 e. The van der Waals surface area contributed by atoms with Gasteiger partial charge in [0.2, 0.25) is 0 Å². The van der Waals surface area contributed by atoms with Crippen molar-refractivity contribution in [2.75, 3.05) is 0 Å². The molecule has 1 aromatic heterocycles. The van der Waals surface area contributed by atoms with Crippen LogP contribution < -0.4 is 4.74 Å². The van der Waals surface area contributed by atoms with Crippen molar-refractivity contribution in [2.45, 2.75) is 0 Å². The van der Waals surface area contributed by atoms with Crippen molar-refractivity contribution in [2.24, 2.45) is 0 Å². The summed E-state index contributed by atoms with van der Waals surface area (Å²) in [4.78, 5) is 25.9. The highest BCUT2D eigenvalue weighted by Gasteiger charge is 2.21. The Kier molecular flexibility index (Phi) is 3.33. The minimum absolute atomic E-state index is 0.00439. The molecule has 2 aromatic rings. The molecule has 5 nitrogen and oxygen atoms in total. The number of nitrogens with zero attached hydrogens (tertiary/aromatic N) is 1. The summed E-state index contributed by atoms with van der Waals surface area (Å²) >= 11 is 0.849. The van der Waals surface area contributed by atoms with Crippen LogP contribution in [-0.4, -0.2) is 22.0 Å². The highest BCUT2D eigenvalue weighted by Crippen LogP contribution is 2.18. The van der Waals surface area contributed by atoms with Crippen molar-refractivity contribution in [3.8, 4) is 5.75 Å². The molecule has 0 amide bonds. The zero-order valence-corrected chi connectivity index (χ0v) is 9.61. The molecular weight excluding hydrogens is 261 g/mol. The van der Waals surface area contributed by atoms with Gasteiger partial charge in [-0.05, 0) is 12.1 Å². The third kappa shape index (κ3) is 2.51. The van der Waals surface area contributed by atoms with Gasteiger partial charge in [-0.25, -0.2) is 19.0 Å². The molecule has 0 spiro atoms. The lowest BCUT2D eigenvalue weighted by molar-refractivity contribution is 0.0665. The summed E-state index contributed by atoms with van der Waals surface area (Å²) in [5.74, 6) is -2.74. The van der Waals surface area contributed by atoms with E-state index in [1.54, 1.807) is 0 Å². The number of esters is 1. The Morgan fingerprint density at radius 1 is 1.39 bits per heavy atom. The van der Waals surface area contributed by atoms with Gasteiger partial charge in [-0.1, -0.05) is 6.07 Å². The van der Waals surface area contributed by atoms with Crippen LogP contribution in [0.4, 0.5) is 4.39 Å². The van der Waals surface area contributed by atoms with E-state index in [4.69, 9.17) is 9.84 Å². The van der Waals surface area contributed by atoms with Gasteiger partial charge < -0.3 is 9.84 Å². The van der Waals surface area contributed by atoms with E-state index in [9.17, 15) is 14.0 Å². The van der Waals surface area contributed by atoms with Gasteiger partial charge in [-0.2, -0.15) is 0 Å². The van der Waals surface area contributed by atoms with E-state index in [1.165, 1.54) is 23.7 Å². The van der Waals surface area contributed by atoms with Crippen LogP contribution in [0.15, 0.2) is 29.8 Å². The van der Waals surface area contributed by atoms with Gasteiger partial charge in [-0.3, -0.25) is 0 Å². The van der Waals surface area contributed by atoms with Crippen LogP contribution in [0, 0.1) is 5.82 Å². The SMILES string of the molecule is O=C(O)c1ncsc1C(=O)Oc1cccc(F)c1. The maximum atomic E-state index is 12.9. The molecule has 92 valence electrons. The Morgan fingerprint density at radius 2 is 2.17 bits per heavy atom. The molecule has 7 heteroatoms. The predicted octanol–water partition coefficient (Wildman–Crippen LogP) is 2.20. The van der Waals surface area contributed by atoms with Crippen molar-refractivity contribution in [1.29, 1.82) is 0 Å². The van der Waals surface area contributed by atoms with E-state index < -0.39 is 17.8 Å². The van der Waals surface area contributed by atoms with Crippen molar-refractivity contribution in [3.63, 3.8) is 0 Å². The fraction of sp³-hybridized carbons (Fsp3) is 0. The molecule has 0 fully saturated rings. The first-order valence-corrected chi connectivity index (χ1v) is 5.60. The van der Waals surface area contributed by atoms with Crippen LogP contribution in [0.3, 0.4) is 0 Å². The van der Waals surface area contributed by atoms with Gasteiger partial charge in [-0.15, -0.1) is 11.3 Å². The smallest absolute Gasteiger partial charge is 0.356 e. The standard InChI is InChI=1S/C11H6FNO4S/c12-6-2-1-3-7(4-6)17-11(16)9-8(10(14)15)13-5-18-9/h1-5H,(H,14,15). The topological polar surface area (TPSA) is 76.5 Å². The van der Waals surface area contributed by atoms with E-state index in [1.807, 2.05) is 0 Å². The largest absolute Gasteiger partial charge is 0.476 e. The molecule has 1 aromatic carbocycles. The monoisotopic (exact) mass is 267 g/mol. The van der Waals surface area contributed by atoms with Crippen LogP contribution in [0.25, 0.3) is 0 Å². The summed E-state index contributed by atoms with van der Waals surface area (Å²) in [6.45, 7) is 0. The summed E-state index contributed by atoms with van der Waals surface area (Å²) in [6, 6.07) is 5.00. The second-order valence-electron chi connectivity index (χ2n) is 3.18. The van der Waals surface area contributed by atoms with Crippen molar-refractivity contribution < 1.29 is 23.8 Å². The van der Waals surface area contributed by atoms with Crippen LogP contribution in [0.1, 0.15) is 20.2 Å². The Labute approximate surface area is 104 Å². The Bertz CT molecular complexity index is 611. The Morgan fingerprint density at radius 3 is 2.83 bits per heavy atom. The average Bonchev–Trinajstić information content (AvgIpc) is 2.77. The van der Waals surface area contributed by atoms with Gasteiger partial charge in [0, 0.05) is 6.07 Å². The number of hydrogen-bond donors (Lipinski definition) is 1. The van der Waals surface area contributed by atoms with Crippen LogP contribution in [-0.2, 0) is 0 Å². The number of thiazole rings is 1. The Balaban J connectivity index is 2.22. The molecular formula is C11H6FNO4S. The summed E-state index contributed by atoms with van der Waals surface area (Å²) in [5.41, 5.74) is 0.854. The third-order valence-corrected chi connectivity index (χ3v) is 2.77. The molecule has 0 aliphatic rings. The van der Waals surface area contributed by atoms with Crippen molar-refractivity contribution in [3.05, 3.63) is 46.2 Å². The van der Waals surface area contributed by atoms with Crippen LogP contribution in [0.2, 0.25) is 0 Å². The number of ether oxygens (including phenoxy) is 1. The lowest BCUT2D eigenvalue weighted by Crippen LogP contribution is -2.12. The molecule has 0 atom stereocenters. The highest BCUT2D eigenvalue weighted by atomic mass is 32.1. The van der Waals surface area contributed by atoms with E-state index >= 15 is 0 Å². The van der Waals surface area contributed by atoms with Gasteiger partial charge in [0.15, 0.2) is 5.69 Å². The molecule has 0 aliphatic heterocycles. The van der Waals surface area contributed by atoms with Crippen molar-refractivity contribution >= 4 is 23.3 Å². The second-order valence-corrected chi connectivity index (χ2v) is 4.04. The summed E-state index contributed by atoms with van der Waals surface area (Å²) in [6.07, 6.45) is 0. The molecule has 0 unspecified atom stereocenters. The number of benzene rings is 1. The van der Waals surface area contributed by atoms with Crippen LogP contribution >= 0.6 is 11.3 Å². The zero-order chi connectivity index (χ0) is 13.1. The number of carbonyl (C=O) groups excluding carboxylic acids is 1. The van der Waals surface area contributed by atoms with Gasteiger partial charge in [0.05, 0.1) is 5.51 Å². The molecule has 0 radical (unpaired) electrons. The quantitative estimate of drug-likeness (QED) is 0.681. The van der Waals surface area contributed by atoms with E-state index in [2.05, 4.69) is 4.98 Å². The highest BCUT2D eigenvalue weighted by molar-refractivity contribution is 7.12. The lowest BCUT2D eigenvalue weighted by atomic mass is 10.3. The third-order valence-electron chi connectivity index (χ3n) is 1.96. The summed E-state index contributed by atoms with van der Waals surface area (Å²) < 4.78 is 17.7. The molecule has 18 heavy (non-hydrogen) atoms. The number of halogens is 1. The number of carboxylic acids is 1. The van der Waals surface area contributed by atoms with Gasteiger partial charge in [0.25, 0.3) is 0 Å². The molecule has 0 bridgehead atoms. The van der Waals surface area contributed by atoms with E-state index in [0.29, 0.717) is 0 Å². The number of carbonyl (C=O) groups is 2. The first-order valence-electron chi connectivity index (χ1n) is 4.72. The summed E-state index contributed by atoms with van der Waals surface area (Å²) in [7, 11) is 0. The van der Waals surface area contributed by atoms with Crippen LogP contribution in [0.5, 0.6) is 5.75 Å². The first-order chi connectivity index (χ1) is 8.58. The normalized spacial score (nSPS) is 10.1. The van der Waals surface area contributed by atoms with E-state index in [-0.39, 0.29) is 16.3 Å². The van der Waals surface area contributed by atoms with Gasteiger partial charge >= 0.3 is 11.9 Å². The molecule has 2 rings (SSSR count). The minimum atomic E-state index is -1.32. The van der Waals surface area contributed by atoms with Crippen molar-refractivity contribution in [1.82, 2.24) is 4.98 Å². The molecule has 0 saturated carbocycles. The average molecular weight is 267 g/mol. The first kappa shape index (κ1) is 12.2. The summed E-state index contributed by atoms with van der Waals surface area (Å²) in [5, 5.41) is 8.79. The molecule has 0 aliphatic carbocycles. The molecule has 1 N–H and O–H groups in total. The van der Waals surface area contributed by atoms with Gasteiger partial charge in [0.1, 0.15) is 16.4 Å². The number of aromatic nitrogens is 1. The Hall–Kier alpha value is -2.28. The van der Waals surface area contributed by atoms with E-state index in [0.717, 1.165) is 17.4 Å².